The van der Waals surface area contributed by atoms with E-state index in [9.17, 15) is 9.59 Å². The quantitative estimate of drug-likeness (QED) is 0.461. The number of hydrogen-bond acceptors (Lipinski definition) is 7. The van der Waals surface area contributed by atoms with E-state index in [0.717, 1.165) is 17.0 Å². The third kappa shape index (κ3) is 5.94. The second-order valence-corrected chi connectivity index (χ2v) is 7.12. The molecule has 0 bridgehead atoms. The molecule has 1 amide bonds. The van der Waals surface area contributed by atoms with E-state index in [0.29, 0.717) is 37.7 Å². The molecule has 0 aliphatic carbocycles. The van der Waals surface area contributed by atoms with Gasteiger partial charge in [-0.2, -0.15) is 0 Å². The van der Waals surface area contributed by atoms with Gasteiger partial charge in [0.15, 0.2) is 18.1 Å². The van der Waals surface area contributed by atoms with Crippen LogP contribution in [0, 0.1) is 0 Å². The number of piperazine rings is 1. The van der Waals surface area contributed by atoms with E-state index in [4.69, 9.17) is 18.9 Å². The molecule has 1 fully saturated rings. The highest BCUT2D eigenvalue weighted by atomic mass is 16.5. The molecule has 1 aliphatic heterocycles. The molecule has 8 heteroatoms. The van der Waals surface area contributed by atoms with Gasteiger partial charge in [-0.3, -0.25) is 4.79 Å². The van der Waals surface area contributed by atoms with E-state index in [1.54, 1.807) is 50.5 Å². The normalized spacial score (nSPS) is 13.7. The maximum absolute atomic E-state index is 12.4. The molecule has 0 saturated carbocycles. The van der Waals surface area contributed by atoms with E-state index >= 15 is 0 Å². The Morgan fingerprint density at radius 2 is 1.56 bits per heavy atom. The molecule has 0 aromatic heterocycles. The van der Waals surface area contributed by atoms with Gasteiger partial charge in [-0.25, -0.2) is 4.79 Å². The van der Waals surface area contributed by atoms with Crippen LogP contribution in [0.15, 0.2) is 48.5 Å². The van der Waals surface area contributed by atoms with Gasteiger partial charge in [0.05, 0.1) is 21.3 Å². The Bertz CT molecular complexity index is 949. The monoisotopic (exact) mass is 440 g/mol. The highest BCUT2D eigenvalue weighted by Gasteiger charge is 2.22. The first-order chi connectivity index (χ1) is 15.5. The van der Waals surface area contributed by atoms with Crippen LogP contribution in [-0.4, -0.2) is 70.9 Å². The molecule has 0 N–H and O–H groups in total. The number of nitrogens with zero attached hydrogens (tertiary/aromatic N) is 2. The molecule has 32 heavy (non-hydrogen) atoms. The summed E-state index contributed by atoms with van der Waals surface area (Å²) in [5.41, 5.74) is 1.84. The number of methoxy groups -OCH3 is 3. The molecular formula is C24H28N2O6. The SMILES string of the molecule is COc1ccc(N2CCN(C(=O)COC(=O)/C=C/c3ccc(OC)c(OC)c3)CC2)cc1. The van der Waals surface area contributed by atoms with Crippen molar-refractivity contribution < 1.29 is 28.5 Å². The van der Waals surface area contributed by atoms with Crippen molar-refractivity contribution in [3.05, 3.63) is 54.1 Å². The van der Waals surface area contributed by atoms with Crippen LogP contribution in [0.2, 0.25) is 0 Å². The number of rotatable bonds is 8. The summed E-state index contributed by atoms with van der Waals surface area (Å²) >= 11 is 0. The van der Waals surface area contributed by atoms with Gasteiger partial charge in [0, 0.05) is 37.9 Å². The standard InChI is InChI=1S/C24H28N2O6/c1-29-20-8-6-19(7-9-20)25-12-14-26(15-13-25)23(27)17-32-24(28)11-5-18-4-10-21(30-2)22(16-18)31-3/h4-11,16H,12-15,17H2,1-3H3/b11-5+. The molecule has 0 atom stereocenters. The second-order valence-electron chi connectivity index (χ2n) is 7.12. The van der Waals surface area contributed by atoms with Gasteiger partial charge >= 0.3 is 5.97 Å². The molecule has 3 rings (SSSR count). The van der Waals surface area contributed by atoms with Gasteiger partial charge in [0.25, 0.3) is 5.91 Å². The third-order valence-electron chi connectivity index (χ3n) is 5.23. The molecule has 170 valence electrons. The van der Waals surface area contributed by atoms with Crippen molar-refractivity contribution in [2.45, 2.75) is 0 Å². The number of amides is 1. The zero-order valence-corrected chi connectivity index (χ0v) is 18.6. The molecule has 0 unspecified atom stereocenters. The lowest BCUT2D eigenvalue weighted by molar-refractivity contribution is -0.148. The van der Waals surface area contributed by atoms with Crippen molar-refractivity contribution in [2.24, 2.45) is 0 Å². The first-order valence-electron chi connectivity index (χ1n) is 10.3. The smallest absolute Gasteiger partial charge is 0.331 e. The Morgan fingerprint density at radius 1 is 0.875 bits per heavy atom. The molecule has 1 saturated heterocycles. The van der Waals surface area contributed by atoms with Crippen molar-refractivity contribution in [3.8, 4) is 17.2 Å². The van der Waals surface area contributed by atoms with E-state index in [1.807, 2.05) is 24.3 Å². The van der Waals surface area contributed by atoms with Crippen LogP contribution in [0.25, 0.3) is 6.08 Å². The van der Waals surface area contributed by atoms with Crippen LogP contribution in [0.1, 0.15) is 5.56 Å². The number of ether oxygens (including phenoxy) is 4. The average molecular weight is 440 g/mol. The molecule has 2 aromatic rings. The summed E-state index contributed by atoms with van der Waals surface area (Å²) in [5.74, 6) is 1.19. The topological polar surface area (TPSA) is 77.5 Å². The van der Waals surface area contributed by atoms with E-state index < -0.39 is 5.97 Å². The minimum Gasteiger partial charge on any atom is -0.497 e. The highest BCUT2D eigenvalue weighted by molar-refractivity contribution is 5.89. The minimum absolute atomic E-state index is 0.202. The summed E-state index contributed by atoms with van der Waals surface area (Å²) in [7, 11) is 4.74. The first kappa shape index (κ1) is 23.0. The fourth-order valence-corrected chi connectivity index (χ4v) is 3.40. The zero-order valence-electron chi connectivity index (χ0n) is 18.6. The molecular weight excluding hydrogens is 412 g/mol. The summed E-state index contributed by atoms with van der Waals surface area (Å²) < 4.78 is 20.7. The largest absolute Gasteiger partial charge is 0.497 e. The van der Waals surface area contributed by atoms with Crippen molar-refractivity contribution in [3.63, 3.8) is 0 Å². The fourth-order valence-electron chi connectivity index (χ4n) is 3.40. The highest BCUT2D eigenvalue weighted by Crippen LogP contribution is 2.28. The van der Waals surface area contributed by atoms with Crippen LogP contribution in [0.4, 0.5) is 5.69 Å². The second kappa shape index (κ2) is 11.1. The average Bonchev–Trinajstić information content (AvgIpc) is 2.85. The number of esters is 1. The molecule has 2 aromatic carbocycles. The number of carbonyl (C=O) groups is 2. The number of anilines is 1. The Hall–Kier alpha value is -3.68. The lowest BCUT2D eigenvalue weighted by Gasteiger charge is -2.36. The fraction of sp³-hybridized carbons (Fsp3) is 0.333. The van der Waals surface area contributed by atoms with Gasteiger partial charge in [0.2, 0.25) is 0 Å². The molecule has 1 heterocycles. The van der Waals surface area contributed by atoms with Gasteiger partial charge < -0.3 is 28.7 Å². The summed E-state index contributed by atoms with van der Waals surface area (Å²) in [5, 5.41) is 0. The van der Waals surface area contributed by atoms with Gasteiger partial charge in [-0.1, -0.05) is 6.07 Å². The van der Waals surface area contributed by atoms with Crippen molar-refractivity contribution in [2.75, 3.05) is 59.0 Å². The summed E-state index contributed by atoms with van der Waals surface area (Å²) in [4.78, 5) is 28.4. The van der Waals surface area contributed by atoms with Crippen LogP contribution < -0.4 is 19.1 Å². The maximum atomic E-state index is 12.4. The van der Waals surface area contributed by atoms with E-state index in [1.165, 1.54) is 6.08 Å². The molecule has 0 spiro atoms. The first-order valence-corrected chi connectivity index (χ1v) is 10.3. The number of hydrogen-bond donors (Lipinski definition) is 0. The number of benzene rings is 2. The predicted molar refractivity (Wildman–Crippen MR) is 121 cm³/mol. The predicted octanol–water partition coefficient (Wildman–Crippen LogP) is 2.62. The van der Waals surface area contributed by atoms with E-state index in [2.05, 4.69) is 4.90 Å². The Balaban J connectivity index is 1.44. The van der Waals surface area contributed by atoms with Crippen molar-refractivity contribution >= 4 is 23.6 Å². The van der Waals surface area contributed by atoms with Crippen molar-refractivity contribution in [1.29, 1.82) is 0 Å². The van der Waals surface area contributed by atoms with Gasteiger partial charge in [-0.05, 0) is 48.0 Å². The Morgan fingerprint density at radius 3 is 2.19 bits per heavy atom. The Kier molecular flexibility index (Phi) is 7.96. The minimum atomic E-state index is -0.579. The zero-order chi connectivity index (χ0) is 22.9. The van der Waals surface area contributed by atoms with Crippen LogP contribution in [-0.2, 0) is 14.3 Å². The maximum Gasteiger partial charge on any atom is 0.331 e. The van der Waals surface area contributed by atoms with Gasteiger partial charge in [0.1, 0.15) is 5.75 Å². The van der Waals surface area contributed by atoms with Crippen molar-refractivity contribution in [1.82, 2.24) is 4.90 Å². The summed E-state index contributed by atoms with van der Waals surface area (Å²) in [6.45, 7) is 2.29. The summed E-state index contributed by atoms with van der Waals surface area (Å²) in [6.07, 6.45) is 2.89. The lowest BCUT2D eigenvalue weighted by Crippen LogP contribution is -2.49. The molecule has 1 aliphatic rings. The Labute approximate surface area is 187 Å². The van der Waals surface area contributed by atoms with Crippen LogP contribution in [0.3, 0.4) is 0 Å². The molecule has 0 radical (unpaired) electrons. The van der Waals surface area contributed by atoms with E-state index in [-0.39, 0.29) is 12.5 Å². The van der Waals surface area contributed by atoms with Gasteiger partial charge in [-0.15, -0.1) is 0 Å². The van der Waals surface area contributed by atoms with Crippen LogP contribution in [0.5, 0.6) is 17.2 Å². The third-order valence-corrected chi connectivity index (χ3v) is 5.23. The molecule has 8 nitrogen and oxygen atoms in total. The number of carbonyl (C=O) groups excluding carboxylic acids is 2. The lowest BCUT2D eigenvalue weighted by atomic mass is 10.2. The van der Waals surface area contributed by atoms with Crippen LogP contribution >= 0.6 is 0 Å². The summed E-state index contributed by atoms with van der Waals surface area (Å²) in [6, 6.07) is 13.1.